The van der Waals surface area contributed by atoms with Crippen molar-refractivity contribution < 1.29 is 14.6 Å². The number of rotatable bonds is 5. The summed E-state index contributed by atoms with van der Waals surface area (Å²) in [5, 5.41) is 17.1. The molecule has 6 heteroatoms. The summed E-state index contributed by atoms with van der Waals surface area (Å²) < 4.78 is 6.59. The van der Waals surface area contributed by atoms with Crippen LogP contribution in [0.25, 0.3) is 0 Å². The second-order valence-corrected chi connectivity index (χ2v) is 4.11. The molecule has 0 unspecified atom stereocenters. The minimum Gasteiger partial charge on any atom is -0.480 e. The van der Waals surface area contributed by atoms with Gasteiger partial charge >= 0.3 is 5.97 Å². The second-order valence-electron chi connectivity index (χ2n) is 4.11. The molecule has 1 heterocycles. The highest BCUT2D eigenvalue weighted by Gasteiger charge is 2.33. The second kappa shape index (κ2) is 4.61. The summed E-state index contributed by atoms with van der Waals surface area (Å²) in [6, 6.07) is 0. The smallest absolute Gasteiger partial charge is 0.329 e. The highest BCUT2D eigenvalue weighted by molar-refractivity contribution is 5.75. The van der Waals surface area contributed by atoms with E-state index in [0.717, 1.165) is 0 Å². The number of carbonyl (C=O) groups is 1. The fourth-order valence-corrected chi connectivity index (χ4v) is 1.58. The summed E-state index contributed by atoms with van der Waals surface area (Å²) in [5.41, 5.74) is -1.04. The summed E-state index contributed by atoms with van der Waals surface area (Å²) in [6.07, 6.45) is 0.550. The molecule has 0 radical (unpaired) electrons. The van der Waals surface area contributed by atoms with Gasteiger partial charge in [0.1, 0.15) is 17.2 Å². The van der Waals surface area contributed by atoms with Crippen molar-refractivity contribution in [1.82, 2.24) is 14.8 Å². The SMILES string of the molecule is COCCc1nnc(C)n1C(C)(C)C(=O)O. The Hall–Kier alpha value is -1.43. The van der Waals surface area contributed by atoms with Gasteiger partial charge < -0.3 is 9.84 Å². The van der Waals surface area contributed by atoms with Crippen molar-refractivity contribution in [3.63, 3.8) is 0 Å². The lowest BCUT2D eigenvalue weighted by Gasteiger charge is -2.24. The van der Waals surface area contributed by atoms with Gasteiger partial charge in [0.25, 0.3) is 0 Å². The Kier molecular flexibility index (Phi) is 3.64. The van der Waals surface area contributed by atoms with Crippen molar-refractivity contribution in [2.45, 2.75) is 32.7 Å². The van der Waals surface area contributed by atoms with Crippen LogP contribution in [-0.4, -0.2) is 39.6 Å². The Morgan fingerprint density at radius 1 is 1.50 bits per heavy atom. The maximum Gasteiger partial charge on any atom is 0.329 e. The molecule has 0 spiro atoms. The molecule has 1 N–H and O–H groups in total. The first-order chi connectivity index (χ1) is 7.41. The van der Waals surface area contributed by atoms with E-state index in [4.69, 9.17) is 4.74 Å². The molecule has 16 heavy (non-hydrogen) atoms. The molecule has 0 amide bonds. The number of carboxylic acids is 1. The lowest BCUT2D eigenvalue weighted by Crippen LogP contribution is -2.37. The largest absolute Gasteiger partial charge is 0.480 e. The van der Waals surface area contributed by atoms with Gasteiger partial charge in [0, 0.05) is 13.5 Å². The Morgan fingerprint density at radius 3 is 2.62 bits per heavy atom. The van der Waals surface area contributed by atoms with E-state index in [2.05, 4.69) is 10.2 Å². The number of nitrogens with zero attached hydrogens (tertiary/aromatic N) is 3. The topological polar surface area (TPSA) is 77.2 Å². The van der Waals surface area contributed by atoms with Crippen LogP contribution in [0, 0.1) is 6.92 Å². The molecule has 0 saturated heterocycles. The monoisotopic (exact) mass is 227 g/mol. The van der Waals surface area contributed by atoms with Crippen LogP contribution in [0.4, 0.5) is 0 Å². The molecule has 0 bridgehead atoms. The molecular formula is C10H17N3O3. The average Bonchev–Trinajstić information content (AvgIpc) is 2.56. The Labute approximate surface area is 94.2 Å². The molecule has 0 fully saturated rings. The van der Waals surface area contributed by atoms with Gasteiger partial charge in [0.05, 0.1) is 6.61 Å². The van der Waals surface area contributed by atoms with Crippen LogP contribution < -0.4 is 0 Å². The standard InChI is InChI=1S/C10H17N3O3/c1-7-11-12-8(5-6-16-4)13(7)10(2,3)9(14)15/h5-6H2,1-4H3,(H,14,15). The van der Waals surface area contributed by atoms with Crippen molar-refractivity contribution >= 4 is 5.97 Å². The van der Waals surface area contributed by atoms with E-state index in [9.17, 15) is 9.90 Å². The molecule has 0 aliphatic rings. The first-order valence-corrected chi connectivity index (χ1v) is 5.05. The van der Waals surface area contributed by atoms with E-state index in [1.165, 1.54) is 0 Å². The third-order valence-corrected chi connectivity index (χ3v) is 2.50. The summed E-state index contributed by atoms with van der Waals surface area (Å²) in [7, 11) is 1.59. The van der Waals surface area contributed by atoms with Crippen LogP contribution in [-0.2, 0) is 21.5 Å². The Bertz CT molecular complexity index is 385. The van der Waals surface area contributed by atoms with Gasteiger partial charge in [0.15, 0.2) is 0 Å². The fourth-order valence-electron chi connectivity index (χ4n) is 1.58. The first-order valence-electron chi connectivity index (χ1n) is 5.05. The summed E-state index contributed by atoms with van der Waals surface area (Å²) in [5.74, 6) is 0.319. The lowest BCUT2D eigenvalue weighted by molar-refractivity contribution is -0.145. The van der Waals surface area contributed by atoms with Crippen molar-refractivity contribution in [3.8, 4) is 0 Å². The molecule has 0 saturated carbocycles. The molecule has 0 atom stereocenters. The van der Waals surface area contributed by atoms with E-state index in [1.54, 1.807) is 32.4 Å². The van der Waals surface area contributed by atoms with Crippen LogP contribution in [0.3, 0.4) is 0 Å². The van der Waals surface area contributed by atoms with Gasteiger partial charge in [0.2, 0.25) is 0 Å². The van der Waals surface area contributed by atoms with Gasteiger partial charge in [-0.15, -0.1) is 10.2 Å². The number of carboxylic acid groups (broad SMARTS) is 1. The summed E-state index contributed by atoms with van der Waals surface area (Å²) in [4.78, 5) is 11.2. The van der Waals surface area contributed by atoms with E-state index in [-0.39, 0.29) is 0 Å². The number of aryl methyl sites for hydroxylation is 1. The molecule has 0 aromatic carbocycles. The molecule has 0 aliphatic carbocycles. The van der Waals surface area contributed by atoms with E-state index < -0.39 is 11.5 Å². The lowest BCUT2D eigenvalue weighted by atomic mass is 10.1. The van der Waals surface area contributed by atoms with Gasteiger partial charge in [-0.1, -0.05) is 0 Å². The van der Waals surface area contributed by atoms with Crippen molar-refractivity contribution in [2.75, 3.05) is 13.7 Å². The number of ether oxygens (including phenoxy) is 1. The van der Waals surface area contributed by atoms with E-state index in [0.29, 0.717) is 24.7 Å². The first kappa shape index (κ1) is 12.6. The predicted octanol–water partition coefficient (Wildman–Crippen LogP) is 0.595. The summed E-state index contributed by atoms with van der Waals surface area (Å²) >= 11 is 0. The van der Waals surface area contributed by atoms with Crippen LogP contribution >= 0.6 is 0 Å². The van der Waals surface area contributed by atoms with Crippen molar-refractivity contribution in [3.05, 3.63) is 11.6 Å². The Morgan fingerprint density at radius 2 is 2.12 bits per heavy atom. The van der Waals surface area contributed by atoms with Crippen LogP contribution in [0.2, 0.25) is 0 Å². The highest BCUT2D eigenvalue weighted by atomic mass is 16.5. The number of hydrogen-bond acceptors (Lipinski definition) is 4. The normalized spacial score (nSPS) is 11.8. The third-order valence-electron chi connectivity index (χ3n) is 2.50. The average molecular weight is 227 g/mol. The van der Waals surface area contributed by atoms with Gasteiger partial charge in [-0.3, -0.25) is 4.57 Å². The molecule has 90 valence electrons. The zero-order chi connectivity index (χ0) is 12.3. The van der Waals surface area contributed by atoms with Gasteiger partial charge in [-0.2, -0.15) is 0 Å². The van der Waals surface area contributed by atoms with Crippen molar-refractivity contribution in [2.24, 2.45) is 0 Å². The van der Waals surface area contributed by atoms with E-state index in [1.807, 2.05) is 0 Å². The minimum atomic E-state index is -1.04. The number of aromatic nitrogens is 3. The molecule has 1 rings (SSSR count). The number of hydrogen-bond donors (Lipinski definition) is 1. The van der Waals surface area contributed by atoms with Crippen LogP contribution in [0.15, 0.2) is 0 Å². The number of aliphatic carboxylic acids is 1. The maximum absolute atomic E-state index is 11.2. The molecular weight excluding hydrogens is 210 g/mol. The predicted molar refractivity (Wildman–Crippen MR) is 57.3 cm³/mol. The quantitative estimate of drug-likeness (QED) is 0.796. The van der Waals surface area contributed by atoms with Crippen molar-refractivity contribution in [1.29, 1.82) is 0 Å². The minimum absolute atomic E-state index is 0.494. The fraction of sp³-hybridized carbons (Fsp3) is 0.700. The Balaban J connectivity index is 3.11. The summed E-state index contributed by atoms with van der Waals surface area (Å²) in [6.45, 7) is 5.49. The number of methoxy groups -OCH3 is 1. The molecule has 1 aromatic heterocycles. The molecule has 6 nitrogen and oxygen atoms in total. The van der Waals surface area contributed by atoms with Crippen LogP contribution in [0.1, 0.15) is 25.5 Å². The zero-order valence-electron chi connectivity index (χ0n) is 10.0. The van der Waals surface area contributed by atoms with Gasteiger partial charge in [-0.25, -0.2) is 4.79 Å². The van der Waals surface area contributed by atoms with Gasteiger partial charge in [-0.05, 0) is 20.8 Å². The van der Waals surface area contributed by atoms with Crippen LogP contribution in [0.5, 0.6) is 0 Å². The maximum atomic E-state index is 11.2. The van der Waals surface area contributed by atoms with E-state index >= 15 is 0 Å². The molecule has 0 aliphatic heterocycles. The third kappa shape index (κ3) is 2.21. The highest BCUT2D eigenvalue weighted by Crippen LogP contribution is 2.19. The zero-order valence-corrected chi connectivity index (χ0v) is 10.0. The molecule has 1 aromatic rings.